The van der Waals surface area contributed by atoms with Crippen LogP contribution in [0.1, 0.15) is 119 Å². The first-order chi connectivity index (χ1) is 38.2. The van der Waals surface area contributed by atoms with Gasteiger partial charge in [0.25, 0.3) is 0 Å². The SMILES string of the molecule is CC[C@H]1OC(=O)[C@H](C)[C@@H](O[C@H]2C[C@@](C)(OC)[C@@H](O)[C@H](C)O2)C(C)[C@@H](O[C@@H]2O[C@H](C)C[C@H](N(C)C)[C@H]2O)[C@](C)(O)C[C@@H](C)CN(CCCNC(=O)CCC(=O)OCc2cc3c(s2)-c2ccccc2Sc2ccccc2-3)[C@H](C)[C@@H](O)[C@]1(C)O. The molecule has 3 aromatic rings. The Morgan fingerprint density at radius 2 is 1.54 bits per heavy atom. The minimum Gasteiger partial charge on any atom is -0.460 e. The van der Waals surface area contributed by atoms with E-state index in [0.29, 0.717) is 25.9 Å². The predicted molar refractivity (Wildman–Crippen MR) is 309 cm³/mol. The number of amides is 1. The monoisotopic (exact) mass is 1170 g/mol. The van der Waals surface area contributed by atoms with Gasteiger partial charge in [0.2, 0.25) is 5.91 Å². The van der Waals surface area contributed by atoms with Crippen LogP contribution in [0.15, 0.2) is 64.4 Å². The van der Waals surface area contributed by atoms with Gasteiger partial charge in [0.1, 0.15) is 36.6 Å². The number of esters is 2. The molecule has 5 heterocycles. The van der Waals surface area contributed by atoms with E-state index < -0.39 is 102 Å². The molecule has 3 saturated heterocycles. The molecule has 0 bridgehead atoms. The molecule has 6 N–H and O–H groups in total. The van der Waals surface area contributed by atoms with Crippen molar-refractivity contribution in [1.29, 1.82) is 0 Å². The molecule has 20 heteroatoms. The zero-order valence-corrected chi connectivity index (χ0v) is 51.3. The fraction of sp³-hybridized carbons (Fsp3) is 0.689. The van der Waals surface area contributed by atoms with Crippen LogP contribution in [-0.2, 0) is 54.1 Å². The van der Waals surface area contributed by atoms with Crippen molar-refractivity contribution in [2.24, 2.45) is 17.8 Å². The average Bonchev–Trinajstić information content (AvgIpc) is 3.81. The van der Waals surface area contributed by atoms with Crippen LogP contribution in [0, 0.1) is 17.8 Å². The van der Waals surface area contributed by atoms with Gasteiger partial charge in [-0.3, -0.25) is 19.3 Å². The summed E-state index contributed by atoms with van der Waals surface area (Å²) >= 11 is 3.34. The highest BCUT2D eigenvalue weighted by Gasteiger charge is 2.53. The van der Waals surface area contributed by atoms with E-state index in [9.17, 15) is 39.9 Å². The zero-order chi connectivity index (χ0) is 59.3. The maximum Gasteiger partial charge on any atom is 0.311 e. The van der Waals surface area contributed by atoms with Gasteiger partial charge in [0.05, 0.1) is 48.0 Å². The van der Waals surface area contributed by atoms with Crippen molar-refractivity contribution in [2.45, 2.75) is 221 Å². The number of ether oxygens (including phenoxy) is 7. The summed E-state index contributed by atoms with van der Waals surface area (Å²) < 4.78 is 43.9. The second-order valence-electron chi connectivity index (χ2n) is 24.1. The van der Waals surface area contributed by atoms with E-state index in [1.54, 1.807) is 71.6 Å². The molecule has 1 unspecified atom stereocenters. The summed E-state index contributed by atoms with van der Waals surface area (Å²) in [5.74, 6) is -3.80. The van der Waals surface area contributed by atoms with Gasteiger partial charge in [-0.15, -0.1) is 11.3 Å². The van der Waals surface area contributed by atoms with Gasteiger partial charge in [-0.25, -0.2) is 0 Å². The molecular formula is C61H91N3O15S2. The highest BCUT2D eigenvalue weighted by Crippen LogP contribution is 2.51. The number of aliphatic hydroxyl groups is 5. The Morgan fingerprint density at radius 1 is 0.877 bits per heavy atom. The lowest BCUT2D eigenvalue weighted by molar-refractivity contribution is -0.318. The van der Waals surface area contributed by atoms with E-state index in [1.165, 1.54) is 14.0 Å². The first-order valence-electron chi connectivity index (χ1n) is 28.9. The molecule has 0 spiro atoms. The van der Waals surface area contributed by atoms with E-state index in [-0.39, 0.29) is 69.2 Å². The van der Waals surface area contributed by atoms with E-state index in [2.05, 4.69) is 35.6 Å². The number of carbonyl (C=O) groups excluding carboxylic acids is 3. The Morgan fingerprint density at radius 3 is 2.21 bits per heavy atom. The molecule has 0 saturated carbocycles. The van der Waals surface area contributed by atoms with Crippen molar-refractivity contribution < 1.29 is 73.1 Å². The van der Waals surface area contributed by atoms with E-state index >= 15 is 0 Å². The number of cyclic esters (lactones) is 1. The minimum atomic E-state index is -1.96. The van der Waals surface area contributed by atoms with Crippen molar-refractivity contribution in [3.05, 3.63) is 59.5 Å². The molecular weight excluding hydrogens is 1080 g/mol. The number of thiophene rings is 1. The number of nitrogens with one attached hydrogen (secondary N) is 1. The van der Waals surface area contributed by atoms with Crippen molar-refractivity contribution in [3.63, 3.8) is 0 Å². The van der Waals surface area contributed by atoms with Gasteiger partial charge in [-0.05, 0) is 118 Å². The summed E-state index contributed by atoms with van der Waals surface area (Å²) in [6.07, 6.45) is -9.15. The van der Waals surface area contributed by atoms with Gasteiger partial charge in [-0.1, -0.05) is 68.9 Å². The number of carbonyl (C=O) groups is 3. The third-order valence-electron chi connectivity index (χ3n) is 17.2. The van der Waals surface area contributed by atoms with Gasteiger partial charge < -0.3 is 68.9 Å². The van der Waals surface area contributed by atoms with Crippen molar-refractivity contribution in [2.75, 3.05) is 40.8 Å². The normalized spacial score (nSPS) is 36.2. The van der Waals surface area contributed by atoms with Gasteiger partial charge in [0.15, 0.2) is 12.6 Å². The fourth-order valence-electron chi connectivity index (χ4n) is 12.5. The predicted octanol–water partition coefficient (Wildman–Crippen LogP) is 7.16. The quantitative estimate of drug-likeness (QED) is 0.0482. The highest BCUT2D eigenvalue weighted by molar-refractivity contribution is 7.99. The van der Waals surface area contributed by atoms with Gasteiger partial charge >= 0.3 is 11.9 Å². The average molecular weight is 1170 g/mol. The molecule has 4 aliphatic rings. The van der Waals surface area contributed by atoms with Crippen LogP contribution in [0.3, 0.4) is 0 Å². The lowest BCUT2D eigenvalue weighted by Gasteiger charge is -2.48. The van der Waals surface area contributed by atoms with E-state index in [0.717, 1.165) is 36.2 Å². The van der Waals surface area contributed by atoms with Crippen molar-refractivity contribution in [1.82, 2.24) is 15.1 Å². The number of methoxy groups -OCH3 is 1. The summed E-state index contributed by atoms with van der Waals surface area (Å²) in [7, 11) is 5.24. The molecule has 7 rings (SSSR count). The summed E-state index contributed by atoms with van der Waals surface area (Å²) in [4.78, 5) is 49.2. The van der Waals surface area contributed by atoms with Crippen molar-refractivity contribution >= 4 is 40.9 Å². The summed E-state index contributed by atoms with van der Waals surface area (Å²) in [6, 6.07) is 17.6. The molecule has 18 atom stereocenters. The lowest BCUT2D eigenvalue weighted by atomic mass is 9.77. The Labute approximate surface area is 487 Å². The van der Waals surface area contributed by atoms with Crippen LogP contribution in [0.5, 0.6) is 0 Å². The Kier molecular flexibility index (Phi) is 22.2. The van der Waals surface area contributed by atoms with Crippen LogP contribution < -0.4 is 5.32 Å². The minimum absolute atomic E-state index is 0.0744. The first kappa shape index (κ1) is 65.0. The maximum atomic E-state index is 14.7. The Balaban J connectivity index is 1.06. The van der Waals surface area contributed by atoms with Gasteiger partial charge in [0, 0.05) is 88.3 Å². The highest BCUT2D eigenvalue weighted by atomic mass is 32.2. The van der Waals surface area contributed by atoms with E-state index in [4.69, 9.17) is 33.2 Å². The number of nitrogens with zero attached hydrogens (tertiary/aromatic N) is 2. The molecule has 0 radical (unpaired) electrons. The molecule has 81 heavy (non-hydrogen) atoms. The molecule has 1 aromatic heterocycles. The zero-order valence-electron chi connectivity index (χ0n) is 49.7. The largest absolute Gasteiger partial charge is 0.460 e. The molecule has 3 fully saturated rings. The molecule has 0 aliphatic carbocycles. The second-order valence-corrected chi connectivity index (χ2v) is 26.4. The third-order valence-corrected chi connectivity index (χ3v) is 19.5. The first-order valence-corrected chi connectivity index (χ1v) is 30.5. The Bertz CT molecular complexity index is 2520. The summed E-state index contributed by atoms with van der Waals surface area (Å²) in [6.45, 7) is 18.4. The lowest BCUT2D eigenvalue weighted by Crippen LogP contribution is -2.60. The second kappa shape index (κ2) is 27.6. The number of aliphatic hydroxyl groups excluding tert-OH is 3. The van der Waals surface area contributed by atoms with E-state index in [1.807, 2.05) is 62.0 Å². The number of fused-ring (bicyclic) bond motifs is 5. The molecule has 18 nitrogen and oxygen atoms in total. The number of hydrogen-bond acceptors (Lipinski definition) is 19. The number of likely N-dealkylation sites (N-methyl/N-ethyl adjacent to an activating group) is 1. The summed E-state index contributed by atoms with van der Waals surface area (Å²) in [5.41, 5.74) is -1.37. The third kappa shape index (κ3) is 15.3. The van der Waals surface area contributed by atoms with Crippen LogP contribution in [0.25, 0.3) is 21.6 Å². The van der Waals surface area contributed by atoms with Crippen molar-refractivity contribution in [3.8, 4) is 21.6 Å². The topological polar surface area (TPSA) is 235 Å². The van der Waals surface area contributed by atoms with Crippen LogP contribution >= 0.6 is 23.1 Å². The number of rotatable bonds is 16. The Hall–Kier alpha value is -3.58. The molecule has 1 amide bonds. The maximum absolute atomic E-state index is 14.7. The molecule has 452 valence electrons. The summed E-state index contributed by atoms with van der Waals surface area (Å²) in [5, 5.41) is 63.3. The van der Waals surface area contributed by atoms with Crippen LogP contribution in [0.4, 0.5) is 0 Å². The standard InChI is InChI=1S/C61H91N3O15S2/c1-14-47-61(10,72)54(68)38(6)64(27-19-26-62-48(65)24-25-49(66)74-33-40-29-43-41-20-15-17-22-45(41)81-46-23-18-16-21-42(46)53(43)80-40)32-34(2)30-59(8,71)56(79-58-51(67)44(63(11)12)28-35(3)75-58)36(4)52(37(5)57(70)77-47)78-50-31-60(9,73-13)55(69)39(7)76-50/h15-18,20-23,29,34-39,44,47,50-52,54-56,58,67-69,71-72H,14,19,24-28,30-33H2,1-13H3,(H,62,65)/t34-,35-,36?,37-,38-,39+,44+,47-,50+,51-,52+,54-,55+,56-,58+,59-,60-,61-/m1/s1. The smallest absolute Gasteiger partial charge is 0.311 e. The number of hydrogen-bond donors (Lipinski definition) is 6. The van der Waals surface area contributed by atoms with Crippen LogP contribution in [-0.4, -0.2) is 184 Å². The fourth-order valence-corrected chi connectivity index (χ4v) is 14.8. The van der Waals surface area contributed by atoms with Crippen LogP contribution in [0.2, 0.25) is 0 Å². The molecule has 4 aliphatic heterocycles. The molecule has 2 aromatic carbocycles. The van der Waals surface area contributed by atoms with Gasteiger partial charge in [-0.2, -0.15) is 0 Å². The number of benzene rings is 2.